The molecule has 4 heterocycles. The predicted molar refractivity (Wildman–Crippen MR) is 155 cm³/mol. The average Bonchev–Trinajstić information content (AvgIpc) is 3.69. The fourth-order valence-corrected chi connectivity index (χ4v) is 4.79. The van der Waals surface area contributed by atoms with E-state index in [9.17, 15) is 9.59 Å². The second-order valence-corrected chi connectivity index (χ2v) is 9.08. The van der Waals surface area contributed by atoms with Crippen LogP contribution in [0.2, 0.25) is 5.02 Å². The fourth-order valence-electron chi connectivity index (χ4n) is 4.64. The van der Waals surface area contributed by atoms with E-state index in [1.165, 1.54) is 0 Å². The molecule has 0 radical (unpaired) electrons. The number of fused-ring (bicyclic) bond motifs is 1. The molecule has 0 unspecified atom stereocenters. The summed E-state index contributed by atoms with van der Waals surface area (Å²) >= 11 is 6.21. The van der Waals surface area contributed by atoms with Gasteiger partial charge in [0.25, 0.3) is 0 Å². The van der Waals surface area contributed by atoms with Gasteiger partial charge in [0.2, 0.25) is 5.91 Å². The van der Waals surface area contributed by atoms with Crippen LogP contribution in [-0.2, 0) is 22.5 Å². The highest BCUT2D eigenvalue weighted by Gasteiger charge is 2.30. The summed E-state index contributed by atoms with van der Waals surface area (Å²) < 4.78 is 10.9. The lowest BCUT2D eigenvalue weighted by Crippen LogP contribution is -2.39. The number of hydrogen-bond donors (Lipinski definition) is 0. The quantitative estimate of drug-likeness (QED) is 0.372. The molecule has 38 heavy (non-hydrogen) atoms. The summed E-state index contributed by atoms with van der Waals surface area (Å²) in [4.78, 5) is 32.7. The van der Waals surface area contributed by atoms with Gasteiger partial charge in [-0.25, -0.2) is 9.78 Å². The first-order chi connectivity index (χ1) is 18.5. The molecule has 2 aliphatic rings. The van der Waals surface area contributed by atoms with Crippen molar-refractivity contribution in [2.75, 3.05) is 26.3 Å². The van der Waals surface area contributed by atoms with E-state index in [2.05, 4.69) is 13.5 Å². The molecule has 3 aromatic heterocycles. The Bertz CT molecular complexity index is 1340. The fraction of sp³-hybridized carbons (Fsp3) is 0.483. The van der Waals surface area contributed by atoms with Gasteiger partial charge in [-0.2, -0.15) is 0 Å². The Morgan fingerprint density at radius 3 is 2.47 bits per heavy atom. The van der Waals surface area contributed by atoms with Crippen LogP contribution in [0.15, 0.2) is 35.8 Å². The van der Waals surface area contributed by atoms with Gasteiger partial charge >= 0.3 is 5.69 Å². The van der Waals surface area contributed by atoms with Gasteiger partial charge in [-0.3, -0.25) is 18.3 Å². The van der Waals surface area contributed by atoms with Crippen LogP contribution in [0.3, 0.4) is 0 Å². The van der Waals surface area contributed by atoms with Gasteiger partial charge in [0, 0.05) is 48.2 Å². The molecular formula is C29H40ClN5O3. The number of morpholine rings is 1. The van der Waals surface area contributed by atoms with Crippen LogP contribution < -0.4 is 5.69 Å². The van der Waals surface area contributed by atoms with Crippen LogP contribution in [0, 0.1) is 0 Å². The van der Waals surface area contributed by atoms with Gasteiger partial charge in [0.05, 0.1) is 36.8 Å². The van der Waals surface area contributed by atoms with Crippen LogP contribution >= 0.6 is 11.6 Å². The number of carbonyl (C=O) groups excluding carboxylic acids is 1. The van der Waals surface area contributed by atoms with E-state index >= 15 is 0 Å². The lowest BCUT2D eigenvalue weighted by atomic mass is 10.2. The van der Waals surface area contributed by atoms with Crippen molar-refractivity contribution in [1.29, 1.82) is 0 Å². The van der Waals surface area contributed by atoms with Crippen molar-refractivity contribution < 1.29 is 9.53 Å². The number of aromatic nitrogens is 4. The zero-order valence-corrected chi connectivity index (χ0v) is 24.0. The van der Waals surface area contributed by atoms with Crippen molar-refractivity contribution in [2.45, 2.75) is 66.5 Å². The normalized spacial score (nSPS) is 15.2. The van der Waals surface area contributed by atoms with Gasteiger partial charge < -0.3 is 9.64 Å². The number of halogens is 1. The summed E-state index contributed by atoms with van der Waals surface area (Å²) in [6.07, 6.45) is 9.73. The number of hydrogen-bond acceptors (Lipinski definition) is 4. The molecule has 0 aromatic carbocycles. The highest BCUT2D eigenvalue weighted by atomic mass is 35.5. The predicted octanol–water partition coefficient (Wildman–Crippen LogP) is 5.46. The molecule has 0 atom stereocenters. The maximum absolute atomic E-state index is 13.4. The SMILES string of the molecule is C=Cc1c(CC)n(C2CC2)c(=O)n1Cc1nc2cc(Cl)ccn2c1/C=C/C(=O)N1CCOCC1.CC.CC. The first-order valence-corrected chi connectivity index (χ1v) is 14.1. The monoisotopic (exact) mass is 541 g/mol. The van der Waals surface area contributed by atoms with E-state index < -0.39 is 0 Å². The zero-order valence-electron chi connectivity index (χ0n) is 23.2. The summed E-state index contributed by atoms with van der Waals surface area (Å²) in [5.41, 5.74) is 3.89. The first-order valence-electron chi connectivity index (χ1n) is 13.7. The molecule has 206 valence electrons. The molecule has 1 aliphatic heterocycles. The van der Waals surface area contributed by atoms with Crippen molar-refractivity contribution in [3.05, 3.63) is 69.3 Å². The van der Waals surface area contributed by atoms with E-state index in [1.54, 1.807) is 39.8 Å². The number of ether oxygens (including phenoxy) is 1. The largest absolute Gasteiger partial charge is 0.378 e. The maximum Gasteiger partial charge on any atom is 0.329 e. The highest BCUT2D eigenvalue weighted by Crippen LogP contribution is 2.36. The average molecular weight is 542 g/mol. The van der Waals surface area contributed by atoms with Crippen LogP contribution in [-0.4, -0.2) is 55.6 Å². The summed E-state index contributed by atoms with van der Waals surface area (Å²) in [6, 6.07) is 3.82. The zero-order chi connectivity index (χ0) is 27.8. The molecule has 3 aromatic rings. The van der Waals surface area contributed by atoms with Crippen molar-refractivity contribution in [3.8, 4) is 0 Å². The third-order valence-electron chi connectivity index (χ3n) is 6.47. The van der Waals surface area contributed by atoms with Crippen LogP contribution in [0.25, 0.3) is 17.8 Å². The maximum atomic E-state index is 13.4. The Hall–Kier alpha value is -3.10. The van der Waals surface area contributed by atoms with Crippen LogP contribution in [0.1, 0.15) is 76.3 Å². The van der Waals surface area contributed by atoms with Crippen molar-refractivity contribution in [3.63, 3.8) is 0 Å². The molecule has 8 nitrogen and oxygen atoms in total. The lowest BCUT2D eigenvalue weighted by molar-refractivity contribution is -0.129. The van der Waals surface area contributed by atoms with Crippen molar-refractivity contribution in [1.82, 2.24) is 23.4 Å². The molecule has 0 spiro atoms. The van der Waals surface area contributed by atoms with E-state index in [0.717, 1.165) is 36.3 Å². The van der Waals surface area contributed by atoms with Crippen LogP contribution in [0.4, 0.5) is 0 Å². The van der Waals surface area contributed by atoms with Crippen molar-refractivity contribution in [2.24, 2.45) is 0 Å². The Morgan fingerprint density at radius 2 is 1.87 bits per heavy atom. The van der Waals surface area contributed by atoms with Gasteiger partial charge in [0.15, 0.2) is 0 Å². The van der Waals surface area contributed by atoms with Gasteiger partial charge in [-0.05, 0) is 37.5 Å². The molecule has 2 fully saturated rings. The molecular weight excluding hydrogens is 502 g/mol. The Kier molecular flexibility index (Phi) is 10.6. The number of amides is 1. The Balaban J connectivity index is 0.000000956. The third kappa shape index (κ3) is 6.13. The number of imidazole rings is 2. The number of rotatable bonds is 7. The highest BCUT2D eigenvalue weighted by molar-refractivity contribution is 6.30. The minimum atomic E-state index is -0.0738. The molecule has 1 amide bonds. The summed E-state index contributed by atoms with van der Waals surface area (Å²) in [5, 5.41) is 0.570. The van der Waals surface area contributed by atoms with E-state index in [-0.39, 0.29) is 24.2 Å². The van der Waals surface area contributed by atoms with Crippen LogP contribution in [0.5, 0.6) is 0 Å². The smallest absolute Gasteiger partial charge is 0.329 e. The van der Waals surface area contributed by atoms with Crippen molar-refractivity contribution >= 4 is 35.3 Å². The Labute approximate surface area is 230 Å². The first kappa shape index (κ1) is 29.5. The van der Waals surface area contributed by atoms with E-state index in [0.29, 0.717) is 42.7 Å². The van der Waals surface area contributed by atoms with Gasteiger partial charge in [0.1, 0.15) is 5.65 Å². The molecule has 9 heteroatoms. The molecule has 0 bridgehead atoms. The minimum Gasteiger partial charge on any atom is -0.378 e. The van der Waals surface area contributed by atoms with E-state index in [4.69, 9.17) is 21.3 Å². The second kappa shape index (κ2) is 13.6. The number of pyridine rings is 1. The molecule has 0 N–H and O–H groups in total. The second-order valence-electron chi connectivity index (χ2n) is 8.65. The van der Waals surface area contributed by atoms with Gasteiger partial charge in [-0.1, -0.05) is 52.8 Å². The molecule has 1 saturated heterocycles. The number of nitrogens with zero attached hydrogens (tertiary/aromatic N) is 5. The Morgan fingerprint density at radius 1 is 1.18 bits per heavy atom. The lowest BCUT2D eigenvalue weighted by Gasteiger charge is -2.25. The van der Waals surface area contributed by atoms with Gasteiger partial charge in [-0.15, -0.1) is 0 Å². The van der Waals surface area contributed by atoms with E-state index in [1.807, 2.05) is 42.9 Å². The summed E-state index contributed by atoms with van der Waals surface area (Å²) in [6.45, 7) is 16.5. The summed E-state index contributed by atoms with van der Waals surface area (Å²) in [5.74, 6) is -0.0738. The molecule has 1 saturated carbocycles. The molecule has 1 aliphatic carbocycles. The molecule has 5 rings (SSSR count). The minimum absolute atomic E-state index is 0.0383. The summed E-state index contributed by atoms with van der Waals surface area (Å²) in [7, 11) is 0. The standard InChI is InChI=1S/C25H28ClN5O3.2C2H6/c1-3-20-21(4-2)31(18-5-6-18)25(33)30(20)16-19-22(29-10-9-17(26)15-23(29)27-19)7-8-24(32)28-11-13-34-14-12-28;2*1-2/h3,7-10,15,18H,1,4-6,11-14,16H2,2H3;2*1-2H3/b8-7+;;. The third-order valence-corrected chi connectivity index (χ3v) is 6.71. The topological polar surface area (TPSA) is 73.8 Å². The number of carbonyl (C=O) groups is 1.